The first-order valence-electron chi connectivity index (χ1n) is 5.58. The fraction of sp³-hybridized carbons (Fsp3) is 0.500. The SMILES string of the molecule is Cl.NCC1CCCN1Cc1ccc(Cl)cc1F. The summed E-state index contributed by atoms with van der Waals surface area (Å²) >= 11 is 5.72. The van der Waals surface area contributed by atoms with Crippen molar-refractivity contribution in [1.29, 1.82) is 0 Å². The third-order valence-corrected chi connectivity index (χ3v) is 3.39. The van der Waals surface area contributed by atoms with Crippen LogP contribution in [0, 0.1) is 5.82 Å². The fourth-order valence-corrected chi connectivity index (χ4v) is 2.40. The average molecular weight is 279 g/mol. The number of benzene rings is 1. The van der Waals surface area contributed by atoms with Crippen LogP contribution < -0.4 is 5.73 Å². The highest BCUT2D eigenvalue weighted by molar-refractivity contribution is 6.30. The molecule has 1 aliphatic rings. The Kier molecular flexibility index (Phi) is 5.67. The molecular formula is C12H17Cl2FN2. The lowest BCUT2D eigenvalue weighted by Crippen LogP contribution is -2.35. The van der Waals surface area contributed by atoms with Crippen molar-refractivity contribution in [1.82, 2.24) is 4.90 Å². The maximum atomic E-state index is 13.6. The Hall–Kier alpha value is -0.350. The minimum Gasteiger partial charge on any atom is -0.329 e. The number of likely N-dealkylation sites (tertiary alicyclic amines) is 1. The minimum atomic E-state index is -0.227. The number of nitrogens with two attached hydrogens (primary N) is 1. The van der Waals surface area contributed by atoms with Gasteiger partial charge in [0.1, 0.15) is 5.82 Å². The average Bonchev–Trinajstić information content (AvgIpc) is 2.69. The van der Waals surface area contributed by atoms with Gasteiger partial charge in [0.2, 0.25) is 0 Å². The monoisotopic (exact) mass is 278 g/mol. The van der Waals surface area contributed by atoms with E-state index in [0.29, 0.717) is 29.7 Å². The highest BCUT2D eigenvalue weighted by Gasteiger charge is 2.23. The van der Waals surface area contributed by atoms with E-state index in [1.807, 2.05) is 0 Å². The molecule has 17 heavy (non-hydrogen) atoms. The van der Waals surface area contributed by atoms with Crippen molar-refractivity contribution >= 4 is 24.0 Å². The Balaban J connectivity index is 0.00000144. The Bertz CT molecular complexity index is 374. The predicted molar refractivity (Wildman–Crippen MR) is 71.1 cm³/mol. The van der Waals surface area contributed by atoms with Crippen molar-refractivity contribution in [2.75, 3.05) is 13.1 Å². The molecule has 0 aromatic heterocycles. The molecule has 1 saturated heterocycles. The van der Waals surface area contributed by atoms with Crippen LogP contribution in [0.4, 0.5) is 4.39 Å². The minimum absolute atomic E-state index is 0. The molecule has 2 N–H and O–H groups in total. The lowest BCUT2D eigenvalue weighted by molar-refractivity contribution is 0.247. The standard InChI is InChI=1S/C12H16ClFN2.ClH/c13-10-4-3-9(12(14)6-10)8-16-5-1-2-11(16)7-15;/h3-4,6,11H,1-2,5,7-8,15H2;1H. The molecule has 1 atom stereocenters. The summed E-state index contributed by atoms with van der Waals surface area (Å²) in [7, 11) is 0. The Morgan fingerprint density at radius 1 is 1.47 bits per heavy atom. The van der Waals surface area contributed by atoms with Gasteiger partial charge >= 0.3 is 0 Å². The number of hydrogen-bond acceptors (Lipinski definition) is 2. The number of halogens is 3. The van der Waals surface area contributed by atoms with Gasteiger partial charge in [0.15, 0.2) is 0 Å². The van der Waals surface area contributed by atoms with E-state index in [9.17, 15) is 4.39 Å². The van der Waals surface area contributed by atoms with Gasteiger partial charge in [-0.25, -0.2) is 4.39 Å². The maximum absolute atomic E-state index is 13.6. The summed E-state index contributed by atoms with van der Waals surface area (Å²) in [5.41, 5.74) is 6.38. The molecule has 1 unspecified atom stereocenters. The van der Waals surface area contributed by atoms with E-state index < -0.39 is 0 Å². The van der Waals surface area contributed by atoms with Crippen molar-refractivity contribution in [3.8, 4) is 0 Å². The molecule has 5 heteroatoms. The van der Waals surface area contributed by atoms with Crippen LogP contribution >= 0.6 is 24.0 Å². The summed E-state index contributed by atoms with van der Waals surface area (Å²) in [6.45, 7) is 2.28. The second-order valence-corrected chi connectivity index (χ2v) is 4.67. The topological polar surface area (TPSA) is 29.3 Å². The van der Waals surface area contributed by atoms with Gasteiger partial charge in [-0.05, 0) is 31.5 Å². The summed E-state index contributed by atoms with van der Waals surface area (Å²) in [4.78, 5) is 2.24. The number of rotatable bonds is 3. The van der Waals surface area contributed by atoms with E-state index in [0.717, 1.165) is 19.4 Å². The molecule has 0 saturated carbocycles. The van der Waals surface area contributed by atoms with Gasteiger partial charge < -0.3 is 5.73 Å². The highest BCUT2D eigenvalue weighted by Crippen LogP contribution is 2.22. The highest BCUT2D eigenvalue weighted by atomic mass is 35.5. The quantitative estimate of drug-likeness (QED) is 0.921. The molecule has 0 spiro atoms. The summed E-state index contributed by atoms with van der Waals surface area (Å²) in [6.07, 6.45) is 2.27. The second-order valence-electron chi connectivity index (χ2n) is 4.24. The summed E-state index contributed by atoms with van der Waals surface area (Å²) in [6, 6.07) is 5.25. The molecule has 0 amide bonds. The molecule has 1 aliphatic heterocycles. The first kappa shape index (κ1) is 14.7. The molecule has 96 valence electrons. The molecule has 0 aliphatic carbocycles. The van der Waals surface area contributed by atoms with Crippen LogP contribution in [0.15, 0.2) is 18.2 Å². The zero-order valence-electron chi connectivity index (χ0n) is 9.53. The molecule has 0 bridgehead atoms. The zero-order valence-corrected chi connectivity index (χ0v) is 11.1. The van der Waals surface area contributed by atoms with Crippen LogP contribution in [0.2, 0.25) is 5.02 Å². The van der Waals surface area contributed by atoms with Crippen LogP contribution in [0.3, 0.4) is 0 Å². The van der Waals surface area contributed by atoms with Crippen LogP contribution in [0.1, 0.15) is 18.4 Å². The number of hydrogen-bond donors (Lipinski definition) is 1. The van der Waals surface area contributed by atoms with E-state index in [1.165, 1.54) is 6.07 Å². The van der Waals surface area contributed by atoms with Gasteiger partial charge in [-0.1, -0.05) is 17.7 Å². The Labute approximate surface area is 112 Å². The van der Waals surface area contributed by atoms with E-state index in [2.05, 4.69) is 4.90 Å². The third kappa shape index (κ3) is 3.55. The Morgan fingerprint density at radius 3 is 2.88 bits per heavy atom. The lowest BCUT2D eigenvalue weighted by atomic mass is 10.1. The third-order valence-electron chi connectivity index (χ3n) is 3.16. The molecule has 2 rings (SSSR count). The van der Waals surface area contributed by atoms with Gasteiger partial charge in [-0.15, -0.1) is 12.4 Å². The van der Waals surface area contributed by atoms with Crippen molar-refractivity contribution in [2.24, 2.45) is 5.73 Å². The van der Waals surface area contributed by atoms with Gasteiger partial charge in [-0.2, -0.15) is 0 Å². The van der Waals surface area contributed by atoms with Crippen LogP contribution in [-0.2, 0) is 6.54 Å². The van der Waals surface area contributed by atoms with Crippen LogP contribution in [-0.4, -0.2) is 24.0 Å². The van der Waals surface area contributed by atoms with Crippen LogP contribution in [0.25, 0.3) is 0 Å². The summed E-state index contributed by atoms with van der Waals surface area (Å²) in [5, 5.41) is 0.443. The first-order chi connectivity index (χ1) is 7.70. The molecule has 1 fully saturated rings. The molecule has 1 heterocycles. The Morgan fingerprint density at radius 2 is 2.24 bits per heavy atom. The van der Waals surface area contributed by atoms with E-state index in [4.69, 9.17) is 17.3 Å². The van der Waals surface area contributed by atoms with Gasteiger partial charge in [0.05, 0.1) is 0 Å². The normalized spacial score (nSPS) is 20.3. The molecular weight excluding hydrogens is 262 g/mol. The van der Waals surface area contributed by atoms with Crippen molar-refractivity contribution in [3.05, 3.63) is 34.6 Å². The van der Waals surface area contributed by atoms with E-state index in [1.54, 1.807) is 12.1 Å². The van der Waals surface area contributed by atoms with Gasteiger partial charge in [0, 0.05) is 29.7 Å². The van der Waals surface area contributed by atoms with Gasteiger partial charge in [0.25, 0.3) is 0 Å². The predicted octanol–water partition coefficient (Wildman–Crippen LogP) is 2.82. The van der Waals surface area contributed by atoms with Crippen molar-refractivity contribution < 1.29 is 4.39 Å². The zero-order chi connectivity index (χ0) is 11.5. The van der Waals surface area contributed by atoms with Crippen molar-refractivity contribution in [3.63, 3.8) is 0 Å². The fourth-order valence-electron chi connectivity index (χ4n) is 2.24. The summed E-state index contributed by atoms with van der Waals surface area (Å²) < 4.78 is 13.6. The molecule has 1 aromatic rings. The van der Waals surface area contributed by atoms with E-state index >= 15 is 0 Å². The largest absolute Gasteiger partial charge is 0.329 e. The van der Waals surface area contributed by atoms with Gasteiger partial charge in [-0.3, -0.25) is 4.90 Å². The molecule has 1 aromatic carbocycles. The van der Waals surface area contributed by atoms with Crippen LogP contribution in [0.5, 0.6) is 0 Å². The second kappa shape index (κ2) is 6.55. The first-order valence-corrected chi connectivity index (χ1v) is 5.96. The molecule has 2 nitrogen and oxygen atoms in total. The number of nitrogens with zero attached hydrogens (tertiary/aromatic N) is 1. The van der Waals surface area contributed by atoms with E-state index in [-0.39, 0.29) is 18.2 Å². The smallest absolute Gasteiger partial charge is 0.129 e. The molecule has 0 radical (unpaired) electrons. The maximum Gasteiger partial charge on any atom is 0.129 e. The van der Waals surface area contributed by atoms with Crippen molar-refractivity contribution in [2.45, 2.75) is 25.4 Å². The lowest BCUT2D eigenvalue weighted by Gasteiger charge is -2.23. The summed E-state index contributed by atoms with van der Waals surface area (Å²) in [5.74, 6) is -0.227.